The van der Waals surface area contributed by atoms with E-state index in [2.05, 4.69) is 4.98 Å². The topological polar surface area (TPSA) is 40.2 Å². The molecule has 0 aliphatic heterocycles. The molecule has 0 saturated heterocycles. The Hall–Kier alpha value is -1.05. The summed E-state index contributed by atoms with van der Waals surface area (Å²) in [7, 11) is 0. The lowest BCUT2D eigenvalue weighted by Crippen LogP contribution is -2.24. The Bertz CT molecular complexity index is 382. The fraction of sp³-hybridized carbons (Fsp3) is 0.583. The van der Waals surface area contributed by atoms with E-state index in [4.69, 9.17) is 5.73 Å². The van der Waals surface area contributed by atoms with E-state index in [0.717, 1.165) is 5.69 Å². The van der Waals surface area contributed by atoms with E-state index in [-0.39, 0.29) is 0 Å². The highest BCUT2D eigenvalue weighted by Gasteiger charge is 2.27. The number of hydrogen-bond acceptors (Lipinski definition) is 1. The van der Waals surface area contributed by atoms with E-state index in [9.17, 15) is 0 Å². The van der Waals surface area contributed by atoms with Crippen molar-refractivity contribution in [2.24, 2.45) is 0 Å². The smallest absolute Gasteiger partial charge is 0.185 e. The fourth-order valence-corrected chi connectivity index (χ4v) is 2.88. The van der Waals surface area contributed by atoms with Crippen molar-refractivity contribution in [2.75, 3.05) is 5.73 Å². The van der Waals surface area contributed by atoms with Crippen molar-refractivity contribution in [3.63, 3.8) is 0 Å². The summed E-state index contributed by atoms with van der Waals surface area (Å²) in [6, 6.07) is 0. The molecule has 3 rings (SSSR count). The van der Waals surface area contributed by atoms with Crippen molar-refractivity contribution in [1.29, 1.82) is 0 Å². The minimum Gasteiger partial charge on any atom is -0.398 e. The van der Waals surface area contributed by atoms with Crippen molar-refractivity contribution < 1.29 is 4.98 Å². The van der Waals surface area contributed by atoms with Crippen molar-refractivity contribution >= 4 is 5.69 Å². The number of hydrogen-bond donors (Lipinski definition) is 1. The first-order valence-corrected chi connectivity index (χ1v) is 5.70. The van der Waals surface area contributed by atoms with Crippen LogP contribution >= 0.6 is 0 Å². The maximum absolute atomic E-state index is 6.24. The highest BCUT2D eigenvalue weighted by molar-refractivity contribution is 5.57. The van der Waals surface area contributed by atoms with Gasteiger partial charge in [-0.25, -0.2) is 4.98 Å². The van der Waals surface area contributed by atoms with Crippen LogP contribution in [-0.2, 0) is 25.7 Å². The first kappa shape index (κ1) is 8.27. The molecule has 0 aromatic carbocycles. The summed E-state index contributed by atoms with van der Waals surface area (Å²) in [4.78, 5) is 3.61. The molecule has 0 bridgehead atoms. The summed E-state index contributed by atoms with van der Waals surface area (Å²) >= 11 is 0. The van der Waals surface area contributed by atoms with Crippen LogP contribution in [0.4, 0.5) is 5.69 Å². The van der Waals surface area contributed by atoms with Crippen LogP contribution in [0.3, 0.4) is 0 Å². The van der Waals surface area contributed by atoms with Crippen LogP contribution in [-0.4, -0.2) is 0 Å². The first-order chi connectivity index (χ1) is 6.86. The Morgan fingerprint density at radius 3 is 2.14 bits per heavy atom. The molecule has 74 valence electrons. The minimum atomic E-state index is 1.12. The molecule has 2 aliphatic carbocycles. The third kappa shape index (κ3) is 1.06. The van der Waals surface area contributed by atoms with E-state index in [1.807, 2.05) is 0 Å². The SMILES string of the molecule is Nc1c2c([nH+]c3c1CCC3)CCCC2. The number of nitrogens with two attached hydrogens (primary N) is 1. The molecule has 3 N–H and O–H groups in total. The lowest BCUT2D eigenvalue weighted by atomic mass is 9.92. The number of nitrogens with one attached hydrogen (secondary N) is 1. The highest BCUT2D eigenvalue weighted by atomic mass is 14.8. The molecule has 2 aliphatic rings. The van der Waals surface area contributed by atoms with Gasteiger partial charge < -0.3 is 5.73 Å². The number of fused-ring (bicyclic) bond motifs is 2. The van der Waals surface area contributed by atoms with Gasteiger partial charge in [-0.15, -0.1) is 0 Å². The van der Waals surface area contributed by atoms with Crippen LogP contribution in [0.5, 0.6) is 0 Å². The van der Waals surface area contributed by atoms with Gasteiger partial charge in [-0.05, 0) is 32.1 Å². The number of aromatic nitrogens is 1. The molecule has 0 fully saturated rings. The van der Waals surface area contributed by atoms with Gasteiger partial charge in [0.2, 0.25) is 0 Å². The van der Waals surface area contributed by atoms with E-state index in [1.165, 1.54) is 67.5 Å². The molecule has 0 amide bonds. The fourth-order valence-electron chi connectivity index (χ4n) is 2.88. The molecule has 1 aromatic heterocycles. The first-order valence-electron chi connectivity index (χ1n) is 5.70. The van der Waals surface area contributed by atoms with Gasteiger partial charge in [-0.1, -0.05) is 0 Å². The van der Waals surface area contributed by atoms with E-state index >= 15 is 0 Å². The third-order valence-electron chi connectivity index (χ3n) is 3.64. The molecule has 1 heterocycles. The Balaban J connectivity index is 2.20. The normalized spacial score (nSPS) is 19.1. The van der Waals surface area contributed by atoms with E-state index in [1.54, 1.807) is 0 Å². The van der Waals surface area contributed by atoms with Gasteiger partial charge in [0.1, 0.15) is 0 Å². The highest BCUT2D eigenvalue weighted by Crippen LogP contribution is 2.31. The molecule has 2 nitrogen and oxygen atoms in total. The molecule has 0 atom stereocenters. The maximum atomic E-state index is 6.24. The molecular formula is C12H17N2+. The Labute approximate surface area is 84.5 Å². The molecule has 14 heavy (non-hydrogen) atoms. The average molecular weight is 189 g/mol. The number of anilines is 1. The van der Waals surface area contributed by atoms with Gasteiger partial charge >= 0.3 is 0 Å². The van der Waals surface area contributed by atoms with Gasteiger partial charge in [0.15, 0.2) is 11.4 Å². The summed E-state index contributed by atoms with van der Waals surface area (Å²) < 4.78 is 0. The summed E-state index contributed by atoms with van der Waals surface area (Å²) in [6.45, 7) is 0. The van der Waals surface area contributed by atoms with Gasteiger partial charge in [-0.2, -0.15) is 0 Å². The van der Waals surface area contributed by atoms with Crippen LogP contribution in [0, 0.1) is 0 Å². The van der Waals surface area contributed by atoms with Crippen LogP contribution in [0.1, 0.15) is 41.8 Å². The summed E-state index contributed by atoms with van der Waals surface area (Å²) in [6.07, 6.45) is 8.68. The van der Waals surface area contributed by atoms with Crippen LogP contribution in [0.25, 0.3) is 0 Å². The second-order valence-electron chi connectivity index (χ2n) is 4.51. The predicted octanol–water partition coefficient (Wildman–Crippen LogP) is 1.45. The number of rotatable bonds is 0. The number of aromatic amines is 1. The summed E-state index contributed by atoms with van der Waals surface area (Å²) in [5, 5.41) is 0. The lowest BCUT2D eigenvalue weighted by molar-refractivity contribution is -0.402. The zero-order chi connectivity index (χ0) is 9.54. The molecule has 0 spiro atoms. The molecule has 0 radical (unpaired) electrons. The van der Waals surface area contributed by atoms with Crippen LogP contribution in [0.15, 0.2) is 0 Å². The van der Waals surface area contributed by atoms with Gasteiger partial charge in [0.25, 0.3) is 0 Å². The molecular weight excluding hydrogens is 172 g/mol. The quantitative estimate of drug-likeness (QED) is 0.659. The van der Waals surface area contributed by atoms with Crippen LogP contribution in [0.2, 0.25) is 0 Å². The number of pyridine rings is 1. The largest absolute Gasteiger partial charge is 0.398 e. The summed E-state index contributed by atoms with van der Waals surface area (Å²) in [5.41, 5.74) is 13.0. The maximum Gasteiger partial charge on any atom is 0.185 e. The van der Waals surface area contributed by atoms with Crippen molar-refractivity contribution in [3.05, 3.63) is 22.5 Å². The molecule has 0 saturated carbocycles. The Morgan fingerprint density at radius 2 is 1.36 bits per heavy atom. The second-order valence-corrected chi connectivity index (χ2v) is 4.51. The van der Waals surface area contributed by atoms with E-state index < -0.39 is 0 Å². The molecule has 2 heteroatoms. The zero-order valence-electron chi connectivity index (χ0n) is 8.53. The minimum absolute atomic E-state index is 1.12. The monoisotopic (exact) mass is 189 g/mol. The Kier molecular flexibility index (Phi) is 1.76. The summed E-state index contributed by atoms with van der Waals surface area (Å²) in [5.74, 6) is 0. The van der Waals surface area contributed by atoms with Crippen molar-refractivity contribution in [3.8, 4) is 0 Å². The average Bonchev–Trinajstić information content (AvgIpc) is 2.66. The van der Waals surface area contributed by atoms with Crippen molar-refractivity contribution in [1.82, 2.24) is 0 Å². The van der Waals surface area contributed by atoms with Gasteiger partial charge in [-0.3, -0.25) is 0 Å². The van der Waals surface area contributed by atoms with Crippen LogP contribution < -0.4 is 10.7 Å². The zero-order valence-corrected chi connectivity index (χ0v) is 8.53. The lowest BCUT2D eigenvalue weighted by Gasteiger charge is -2.14. The third-order valence-corrected chi connectivity index (χ3v) is 3.64. The number of aryl methyl sites for hydroxylation is 2. The number of nitrogen functional groups attached to an aromatic ring is 1. The van der Waals surface area contributed by atoms with Gasteiger partial charge in [0.05, 0.1) is 5.69 Å². The van der Waals surface area contributed by atoms with E-state index in [0.29, 0.717) is 0 Å². The Morgan fingerprint density at radius 1 is 0.786 bits per heavy atom. The standard InChI is InChI=1S/C12H16N2/c13-12-8-4-1-2-6-10(8)14-11-7-3-5-9(11)12/h1-7H2,(H2,13,14)/p+1. The van der Waals surface area contributed by atoms with Crippen molar-refractivity contribution in [2.45, 2.75) is 44.9 Å². The second kappa shape index (κ2) is 2.97. The molecule has 0 unspecified atom stereocenters. The predicted molar refractivity (Wildman–Crippen MR) is 56.1 cm³/mol. The number of H-pyrrole nitrogens is 1. The molecule has 1 aromatic rings. The van der Waals surface area contributed by atoms with Gasteiger partial charge in [0, 0.05) is 24.0 Å².